The lowest BCUT2D eigenvalue weighted by Crippen LogP contribution is -2.54. The molecule has 10 heteroatoms. The molecule has 3 aromatic rings. The van der Waals surface area contributed by atoms with E-state index in [1.807, 2.05) is 74.5 Å². The molecule has 3 aromatic carbocycles. The SMILES string of the molecule is CC(C)NC(=O)[C@H](Cc1ccccc1)N(Cc1ccccc1)C(=O)CN(c1ccc(F)c(Cl)c1)S(C)(=O)=O. The van der Waals surface area contributed by atoms with E-state index in [1.54, 1.807) is 0 Å². The van der Waals surface area contributed by atoms with E-state index in [4.69, 9.17) is 11.6 Å². The van der Waals surface area contributed by atoms with E-state index in [9.17, 15) is 22.4 Å². The van der Waals surface area contributed by atoms with Crippen molar-refractivity contribution in [2.45, 2.75) is 38.9 Å². The van der Waals surface area contributed by atoms with Crippen molar-refractivity contribution >= 4 is 39.1 Å². The maximum absolute atomic E-state index is 13.9. The van der Waals surface area contributed by atoms with E-state index in [2.05, 4.69) is 5.32 Å². The van der Waals surface area contributed by atoms with Gasteiger partial charge in [-0.15, -0.1) is 0 Å². The molecule has 1 atom stereocenters. The summed E-state index contributed by atoms with van der Waals surface area (Å²) in [5, 5.41) is 2.61. The van der Waals surface area contributed by atoms with Crippen molar-refractivity contribution in [2.75, 3.05) is 17.1 Å². The third-order valence-electron chi connectivity index (χ3n) is 5.77. The van der Waals surface area contributed by atoms with Crippen LogP contribution in [-0.4, -0.2) is 50.0 Å². The molecule has 0 aliphatic carbocycles. The Morgan fingerprint density at radius 3 is 2.05 bits per heavy atom. The molecular formula is C28H31ClFN3O4S. The number of anilines is 1. The third-order valence-corrected chi connectivity index (χ3v) is 7.20. The molecule has 38 heavy (non-hydrogen) atoms. The van der Waals surface area contributed by atoms with Gasteiger partial charge in [0.25, 0.3) is 0 Å². The number of sulfonamides is 1. The zero-order chi connectivity index (χ0) is 27.9. The molecule has 0 aliphatic rings. The molecule has 0 unspecified atom stereocenters. The lowest BCUT2D eigenvalue weighted by Gasteiger charge is -2.34. The fourth-order valence-corrected chi connectivity index (χ4v) is 4.98. The minimum atomic E-state index is -3.97. The second-order valence-corrected chi connectivity index (χ2v) is 11.6. The van der Waals surface area contributed by atoms with Crippen molar-refractivity contribution in [1.82, 2.24) is 10.2 Å². The van der Waals surface area contributed by atoms with Gasteiger partial charge in [0.1, 0.15) is 18.4 Å². The predicted molar refractivity (Wildman–Crippen MR) is 148 cm³/mol. The Balaban J connectivity index is 2.04. The van der Waals surface area contributed by atoms with Crippen molar-refractivity contribution in [3.8, 4) is 0 Å². The normalized spacial score (nSPS) is 12.2. The van der Waals surface area contributed by atoms with Crippen LogP contribution in [0.25, 0.3) is 0 Å². The van der Waals surface area contributed by atoms with Gasteiger partial charge >= 0.3 is 0 Å². The molecule has 0 saturated carbocycles. The highest BCUT2D eigenvalue weighted by Crippen LogP contribution is 2.25. The highest BCUT2D eigenvalue weighted by atomic mass is 35.5. The number of hydrogen-bond donors (Lipinski definition) is 1. The van der Waals surface area contributed by atoms with Gasteiger partial charge in [0.15, 0.2) is 0 Å². The van der Waals surface area contributed by atoms with Gasteiger partial charge in [-0.05, 0) is 43.2 Å². The fraction of sp³-hybridized carbons (Fsp3) is 0.286. The molecule has 202 valence electrons. The Kier molecular flexibility index (Phi) is 9.88. The summed E-state index contributed by atoms with van der Waals surface area (Å²) in [4.78, 5) is 28.7. The first-order valence-corrected chi connectivity index (χ1v) is 14.3. The van der Waals surface area contributed by atoms with E-state index < -0.39 is 34.3 Å². The molecule has 0 bridgehead atoms. The first kappa shape index (κ1) is 29.1. The van der Waals surface area contributed by atoms with Crippen LogP contribution in [0, 0.1) is 5.82 Å². The van der Waals surface area contributed by atoms with Crippen molar-refractivity contribution in [3.63, 3.8) is 0 Å². The van der Waals surface area contributed by atoms with Crippen LogP contribution in [0.1, 0.15) is 25.0 Å². The average molecular weight is 560 g/mol. The Labute approximate surface area is 228 Å². The van der Waals surface area contributed by atoms with Crippen molar-refractivity contribution in [1.29, 1.82) is 0 Å². The van der Waals surface area contributed by atoms with Gasteiger partial charge in [-0.1, -0.05) is 72.3 Å². The summed E-state index contributed by atoms with van der Waals surface area (Å²) in [7, 11) is -3.97. The van der Waals surface area contributed by atoms with Crippen LogP contribution in [0.15, 0.2) is 78.9 Å². The smallest absolute Gasteiger partial charge is 0.244 e. The second-order valence-electron chi connectivity index (χ2n) is 9.24. The Hall–Kier alpha value is -3.43. The van der Waals surface area contributed by atoms with Gasteiger partial charge in [-0.3, -0.25) is 13.9 Å². The molecule has 1 N–H and O–H groups in total. The number of hydrogen-bond acceptors (Lipinski definition) is 4. The summed E-state index contributed by atoms with van der Waals surface area (Å²) in [6.07, 6.45) is 1.17. The number of benzene rings is 3. The average Bonchev–Trinajstić information content (AvgIpc) is 2.86. The lowest BCUT2D eigenvalue weighted by molar-refractivity contribution is -0.140. The van der Waals surface area contributed by atoms with Crippen LogP contribution >= 0.6 is 11.6 Å². The van der Waals surface area contributed by atoms with Gasteiger partial charge in [0.2, 0.25) is 21.8 Å². The zero-order valence-corrected chi connectivity index (χ0v) is 23.0. The summed E-state index contributed by atoms with van der Waals surface area (Å²) >= 11 is 5.90. The number of nitrogens with zero attached hydrogens (tertiary/aromatic N) is 2. The molecular weight excluding hydrogens is 529 g/mol. The van der Waals surface area contributed by atoms with E-state index >= 15 is 0 Å². The first-order valence-electron chi connectivity index (χ1n) is 12.1. The van der Waals surface area contributed by atoms with Gasteiger partial charge in [-0.2, -0.15) is 0 Å². The van der Waals surface area contributed by atoms with Gasteiger partial charge in [0, 0.05) is 19.0 Å². The molecule has 0 radical (unpaired) electrons. The highest BCUT2D eigenvalue weighted by Gasteiger charge is 2.33. The lowest BCUT2D eigenvalue weighted by atomic mass is 10.0. The van der Waals surface area contributed by atoms with Crippen LogP contribution in [0.2, 0.25) is 5.02 Å². The number of rotatable bonds is 11. The first-order chi connectivity index (χ1) is 18.0. The van der Waals surface area contributed by atoms with Crippen LogP contribution in [0.5, 0.6) is 0 Å². The summed E-state index contributed by atoms with van der Waals surface area (Å²) in [6, 6.07) is 20.7. The van der Waals surface area contributed by atoms with Gasteiger partial charge < -0.3 is 10.2 Å². The minimum absolute atomic E-state index is 0.0400. The molecule has 0 fully saturated rings. The van der Waals surface area contributed by atoms with Crippen molar-refractivity contribution in [2.24, 2.45) is 0 Å². The predicted octanol–water partition coefficient (Wildman–Crippen LogP) is 4.41. The largest absolute Gasteiger partial charge is 0.352 e. The van der Waals surface area contributed by atoms with Crippen molar-refractivity contribution in [3.05, 3.63) is 101 Å². The second kappa shape index (κ2) is 12.9. The Morgan fingerprint density at radius 1 is 0.947 bits per heavy atom. The van der Waals surface area contributed by atoms with Crippen LogP contribution in [0.3, 0.4) is 0 Å². The third kappa shape index (κ3) is 8.03. The van der Waals surface area contributed by atoms with E-state index in [0.717, 1.165) is 33.8 Å². The van der Waals surface area contributed by atoms with Gasteiger partial charge in [0.05, 0.1) is 17.0 Å². The quantitative estimate of drug-likeness (QED) is 0.377. The molecule has 0 aromatic heterocycles. The van der Waals surface area contributed by atoms with Crippen molar-refractivity contribution < 1.29 is 22.4 Å². The molecule has 2 amide bonds. The minimum Gasteiger partial charge on any atom is -0.352 e. The Bertz CT molecular complexity index is 1360. The fourth-order valence-electron chi connectivity index (χ4n) is 3.97. The topological polar surface area (TPSA) is 86.8 Å². The standard InChI is InChI=1S/C28H31ClFN3O4S/c1-20(2)31-28(35)26(16-21-10-6-4-7-11-21)32(18-22-12-8-5-9-13-22)27(34)19-33(38(3,36)37)23-14-15-25(30)24(29)17-23/h4-15,17,20,26H,16,18-19H2,1-3H3,(H,31,35)/t26-/m0/s1. The molecule has 0 saturated heterocycles. The van der Waals surface area contributed by atoms with Crippen LogP contribution in [-0.2, 0) is 32.6 Å². The van der Waals surface area contributed by atoms with E-state index in [0.29, 0.717) is 0 Å². The molecule has 0 spiro atoms. The zero-order valence-electron chi connectivity index (χ0n) is 21.5. The highest BCUT2D eigenvalue weighted by molar-refractivity contribution is 7.92. The summed E-state index contributed by atoms with van der Waals surface area (Å²) < 4.78 is 40.1. The summed E-state index contributed by atoms with van der Waals surface area (Å²) in [5.74, 6) is -1.67. The van der Waals surface area contributed by atoms with E-state index in [1.165, 1.54) is 11.0 Å². The van der Waals surface area contributed by atoms with Crippen LogP contribution < -0.4 is 9.62 Å². The molecule has 0 aliphatic heterocycles. The number of amides is 2. The number of nitrogens with one attached hydrogen (secondary N) is 1. The number of carbonyl (C=O) groups is 2. The summed E-state index contributed by atoms with van der Waals surface area (Å²) in [5.41, 5.74) is 1.65. The summed E-state index contributed by atoms with van der Waals surface area (Å²) in [6.45, 7) is 3.12. The monoisotopic (exact) mass is 559 g/mol. The number of carbonyl (C=O) groups excluding carboxylic acids is 2. The van der Waals surface area contributed by atoms with Gasteiger partial charge in [-0.25, -0.2) is 12.8 Å². The maximum Gasteiger partial charge on any atom is 0.244 e. The molecule has 7 nitrogen and oxygen atoms in total. The van der Waals surface area contributed by atoms with Crippen LogP contribution in [0.4, 0.5) is 10.1 Å². The van der Waals surface area contributed by atoms with E-state index in [-0.39, 0.29) is 35.6 Å². The molecule has 0 heterocycles. The Morgan fingerprint density at radius 2 is 1.53 bits per heavy atom. The number of halogens is 2. The maximum atomic E-state index is 13.9. The molecule has 3 rings (SSSR count).